The van der Waals surface area contributed by atoms with Gasteiger partial charge in [-0.2, -0.15) is 0 Å². The molecule has 2 N–H and O–H groups in total. The molecule has 0 radical (unpaired) electrons. The van der Waals surface area contributed by atoms with Gasteiger partial charge in [0.05, 0.1) is 12.0 Å². The average molecular weight is 332 g/mol. The number of hydrogen-bond donors (Lipinski definition) is 2. The van der Waals surface area contributed by atoms with Crippen LogP contribution in [0, 0.1) is 5.92 Å². The smallest absolute Gasteiger partial charge is 0.191 e. The molecule has 0 saturated heterocycles. The molecule has 0 atom stereocenters. The van der Waals surface area contributed by atoms with Crippen molar-refractivity contribution in [3.05, 3.63) is 41.7 Å². The van der Waals surface area contributed by atoms with Crippen molar-refractivity contribution < 1.29 is 8.94 Å². The molecule has 0 amide bonds. The molecule has 0 spiro atoms. The van der Waals surface area contributed by atoms with Gasteiger partial charge in [-0.05, 0) is 24.0 Å². The molecule has 6 nitrogen and oxygen atoms in total. The molecule has 0 aliphatic rings. The van der Waals surface area contributed by atoms with E-state index in [1.807, 2.05) is 18.2 Å². The zero-order chi connectivity index (χ0) is 17.4. The summed E-state index contributed by atoms with van der Waals surface area (Å²) in [5, 5.41) is 10.7. The minimum atomic E-state index is 0.358. The molecular weight excluding hydrogens is 304 g/mol. The lowest BCUT2D eigenvalue weighted by atomic mass is 10.1. The lowest BCUT2D eigenvalue weighted by Gasteiger charge is -2.13. The number of aromatic nitrogens is 1. The fourth-order valence-electron chi connectivity index (χ4n) is 2.07. The number of guanidine groups is 1. The lowest BCUT2D eigenvalue weighted by molar-refractivity contribution is 0.376. The molecule has 2 aromatic heterocycles. The number of nitrogens with one attached hydrogen (secondary N) is 2. The highest BCUT2D eigenvalue weighted by atomic mass is 16.5. The summed E-state index contributed by atoms with van der Waals surface area (Å²) in [6.07, 6.45) is 2.51. The summed E-state index contributed by atoms with van der Waals surface area (Å²) in [5.74, 6) is 3.41. The Morgan fingerprint density at radius 2 is 2.04 bits per heavy atom. The van der Waals surface area contributed by atoms with Crippen LogP contribution in [0.1, 0.15) is 50.8 Å². The van der Waals surface area contributed by atoms with E-state index in [2.05, 4.69) is 48.5 Å². The van der Waals surface area contributed by atoms with Gasteiger partial charge in [-0.15, -0.1) is 0 Å². The third kappa shape index (κ3) is 6.10. The van der Waals surface area contributed by atoms with Crippen molar-refractivity contribution in [1.29, 1.82) is 0 Å². The minimum absolute atomic E-state index is 0.358. The van der Waals surface area contributed by atoms with Crippen molar-refractivity contribution in [2.75, 3.05) is 13.1 Å². The first-order valence-electron chi connectivity index (χ1n) is 8.54. The summed E-state index contributed by atoms with van der Waals surface area (Å²) in [7, 11) is 0. The van der Waals surface area contributed by atoms with Crippen LogP contribution in [0.4, 0.5) is 0 Å². The Labute approximate surface area is 143 Å². The van der Waals surface area contributed by atoms with E-state index in [-0.39, 0.29) is 0 Å². The Bertz CT molecular complexity index is 615. The standard InChI is InChI=1S/C18H28N4O2/c1-13(2)11-20-18(19-8-7-15-6-5-9-23-15)21-12-16-10-17(14(3)4)22-24-16/h5-6,9-10,13-14H,7-8,11-12H2,1-4H3,(H2,19,20,21). The summed E-state index contributed by atoms with van der Waals surface area (Å²) in [4.78, 5) is 4.59. The first kappa shape index (κ1) is 18.1. The van der Waals surface area contributed by atoms with Crippen LogP contribution in [0.2, 0.25) is 0 Å². The minimum Gasteiger partial charge on any atom is -0.469 e. The topological polar surface area (TPSA) is 75.6 Å². The molecule has 0 aliphatic carbocycles. The van der Waals surface area contributed by atoms with E-state index in [9.17, 15) is 0 Å². The maximum atomic E-state index is 5.34. The monoisotopic (exact) mass is 332 g/mol. The molecule has 0 unspecified atom stereocenters. The summed E-state index contributed by atoms with van der Waals surface area (Å²) in [6.45, 7) is 10.6. The fourth-order valence-corrected chi connectivity index (χ4v) is 2.07. The molecular formula is C18H28N4O2. The van der Waals surface area contributed by atoms with Crippen molar-refractivity contribution in [2.24, 2.45) is 10.9 Å². The largest absolute Gasteiger partial charge is 0.469 e. The predicted octanol–water partition coefficient (Wildman–Crippen LogP) is 3.32. The van der Waals surface area contributed by atoms with E-state index in [0.29, 0.717) is 18.4 Å². The van der Waals surface area contributed by atoms with Crippen molar-refractivity contribution >= 4 is 5.96 Å². The predicted molar refractivity (Wildman–Crippen MR) is 95.0 cm³/mol. The quantitative estimate of drug-likeness (QED) is 0.573. The van der Waals surface area contributed by atoms with E-state index in [1.54, 1.807) is 6.26 Å². The van der Waals surface area contributed by atoms with Crippen molar-refractivity contribution in [3.8, 4) is 0 Å². The summed E-state index contributed by atoms with van der Waals surface area (Å²) >= 11 is 0. The lowest BCUT2D eigenvalue weighted by Crippen LogP contribution is -2.40. The molecule has 2 heterocycles. The number of nitrogens with zero attached hydrogens (tertiary/aromatic N) is 2. The van der Waals surface area contributed by atoms with Gasteiger partial charge in [0.25, 0.3) is 0 Å². The van der Waals surface area contributed by atoms with Gasteiger partial charge in [0.2, 0.25) is 0 Å². The van der Waals surface area contributed by atoms with Gasteiger partial charge < -0.3 is 19.6 Å². The normalized spacial score (nSPS) is 12.2. The summed E-state index contributed by atoms with van der Waals surface area (Å²) in [5.41, 5.74) is 0.961. The molecule has 6 heteroatoms. The number of rotatable bonds is 8. The molecule has 0 bridgehead atoms. The van der Waals surface area contributed by atoms with Crippen LogP contribution in [0.5, 0.6) is 0 Å². The second-order valence-corrected chi connectivity index (χ2v) is 6.57. The first-order valence-corrected chi connectivity index (χ1v) is 8.54. The second-order valence-electron chi connectivity index (χ2n) is 6.57. The van der Waals surface area contributed by atoms with E-state index in [0.717, 1.165) is 42.7 Å². The van der Waals surface area contributed by atoms with E-state index < -0.39 is 0 Å². The fraction of sp³-hybridized carbons (Fsp3) is 0.556. The van der Waals surface area contributed by atoms with Crippen LogP contribution in [-0.4, -0.2) is 24.2 Å². The van der Waals surface area contributed by atoms with Crippen LogP contribution >= 0.6 is 0 Å². The maximum Gasteiger partial charge on any atom is 0.191 e. The van der Waals surface area contributed by atoms with Crippen LogP contribution in [-0.2, 0) is 13.0 Å². The Hall–Kier alpha value is -2.24. The third-order valence-corrected chi connectivity index (χ3v) is 3.48. The maximum absolute atomic E-state index is 5.34. The van der Waals surface area contributed by atoms with E-state index in [4.69, 9.17) is 8.94 Å². The summed E-state index contributed by atoms with van der Waals surface area (Å²) in [6, 6.07) is 5.84. The Kier molecular flexibility index (Phi) is 6.90. The molecule has 132 valence electrons. The van der Waals surface area contributed by atoms with Crippen LogP contribution < -0.4 is 10.6 Å². The Balaban J connectivity index is 1.89. The zero-order valence-electron chi connectivity index (χ0n) is 15.0. The van der Waals surface area contributed by atoms with Crippen molar-refractivity contribution in [1.82, 2.24) is 15.8 Å². The van der Waals surface area contributed by atoms with Crippen LogP contribution in [0.3, 0.4) is 0 Å². The number of furan rings is 1. The van der Waals surface area contributed by atoms with Crippen LogP contribution in [0.25, 0.3) is 0 Å². The zero-order valence-corrected chi connectivity index (χ0v) is 15.0. The highest BCUT2D eigenvalue weighted by molar-refractivity contribution is 5.79. The van der Waals surface area contributed by atoms with Gasteiger partial charge >= 0.3 is 0 Å². The molecule has 0 fully saturated rings. The Morgan fingerprint density at radius 3 is 2.67 bits per heavy atom. The van der Waals surface area contributed by atoms with Crippen molar-refractivity contribution in [3.63, 3.8) is 0 Å². The van der Waals surface area contributed by atoms with E-state index in [1.165, 1.54) is 0 Å². The van der Waals surface area contributed by atoms with E-state index >= 15 is 0 Å². The molecule has 24 heavy (non-hydrogen) atoms. The molecule has 0 aliphatic heterocycles. The SMILES string of the molecule is CC(C)CNC(=NCc1cc(C(C)C)no1)NCCc1ccco1. The Morgan fingerprint density at radius 1 is 1.21 bits per heavy atom. The number of hydrogen-bond acceptors (Lipinski definition) is 4. The molecule has 2 rings (SSSR count). The van der Waals surface area contributed by atoms with Gasteiger partial charge in [0.15, 0.2) is 11.7 Å². The average Bonchev–Trinajstić information content (AvgIpc) is 3.20. The summed E-state index contributed by atoms with van der Waals surface area (Å²) < 4.78 is 10.7. The highest BCUT2D eigenvalue weighted by Gasteiger charge is 2.08. The highest BCUT2D eigenvalue weighted by Crippen LogP contribution is 2.14. The molecule has 0 saturated carbocycles. The van der Waals surface area contributed by atoms with Gasteiger partial charge in [0, 0.05) is 25.6 Å². The van der Waals surface area contributed by atoms with Gasteiger partial charge in [0.1, 0.15) is 12.3 Å². The van der Waals surface area contributed by atoms with Crippen LogP contribution in [0.15, 0.2) is 38.4 Å². The second kappa shape index (κ2) is 9.15. The third-order valence-electron chi connectivity index (χ3n) is 3.48. The van der Waals surface area contributed by atoms with Crippen molar-refractivity contribution in [2.45, 2.75) is 46.6 Å². The van der Waals surface area contributed by atoms with Gasteiger partial charge in [-0.25, -0.2) is 4.99 Å². The molecule has 0 aromatic carbocycles. The first-order chi connectivity index (χ1) is 11.5. The van der Waals surface area contributed by atoms with Gasteiger partial charge in [-0.3, -0.25) is 0 Å². The number of aliphatic imine (C=N–C) groups is 1. The molecule has 2 aromatic rings. The van der Waals surface area contributed by atoms with Gasteiger partial charge in [-0.1, -0.05) is 32.9 Å².